The van der Waals surface area contributed by atoms with Crippen LogP contribution in [0.5, 0.6) is 5.75 Å². The lowest BCUT2D eigenvalue weighted by atomic mass is 9.94. The van der Waals surface area contributed by atoms with Crippen LogP contribution < -0.4 is 4.90 Å². The van der Waals surface area contributed by atoms with E-state index in [1.54, 1.807) is 48.5 Å². The molecule has 4 rings (SSSR count). The largest absolute Gasteiger partial charge is 0.508 e. The lowest BCUT2D eigenvalue weighted by Crippen LogP contribution is -2.29. The average Bonchev–Trinajstić information content (AvgIpc) is 3.11. The smallest absolute Gasteiger partial charge is 0.309 e. The number of aliphatic hydroxyl groups is 1. The highest BCUT2D eigenvalue weighted by atomic mass is 16.5. The van der Waals surface area contributed by atoms with E-state index in [2.05, 4.69) is 0 Å². The molecule has 35 heavy (non-hydrogen) atoms. The normalized spacial score (nSPS) is 17.0. The SMILES string of the molecule is COC(=O)Cc1ccc(N2C(=O)C(=O)/C(=C(\O)c3ccc(C)c(C)c3)C2c2cccc(O)c2)cc1. The van der Waals surface area contributed by atoms with E-state index in [1.807, 2.05) is 19.9 Å². The Balaban J connectivity index is 1.86. The number of aryl methyl sites for hydroxylation is 2. The number of ketones is 1. The number of aromatic hydroxyl groups is 1. The molecule has 1 aliphatic rings. The molecule has 7 heteroatoms. The quantitative estimate of drug-likeness (QED) is 0.248. The fraction of sp³-hybridized carbons (Fsp3) is 0.179. The fourth-order valence-electron chi connectivity index (χ4n) is 4.17. The number of hydrogen-bond donors (Lipinski definition) is 2. The van der Waals surface area contributed by atoms with Gasteiger partial charge in [0.15, 0.2) is 0 Å². The molecule has 0 radical (unpaired) electrons. The number of phenolic OH excluding ortho intramolecular Hbond substituents is 1. The Morgan fingerprint density at radius 1 is 0.971 bits per heavy atom. The molecule has 2 N–H and O–H groups in total. The van der Waals surface area contributed by atoms with Crippen molar-refractivity contribution in [1.29, 1.82) is 0 Å². The van der Waals surface area contributed by atoms with Crippen molar-refractivity contribution in [2.75, 3.05) is 12.0 Å². The van der Waals surface area contributed by atoms with Gasteiger partial charge in [-0.05, 0) is 66.4 Å². The molecule has 1 aliphatic heterocycles. The Morgan fingerprint density at radius 3 is 2.31 bits per heavy atom. The van der Waals surface area contributed by atoms with Crippen molar-refractivity contribution in [1.82, 2.24) is 0 Å². The number of amides is 1. The third kappa shape index (κ3) is 4.53. The zero-order valence-corrected chi connectivity index (χ0v) is 19.6. The highest BCUT2D eigenvalue weighted by Gasteiger charge is 2.47. The lowest BCUT2D eigenvalue weighted by Gasteiger charge is -2.25. The van der Waals surface area contributed by atoms with Gasteiger partial charge in [0.1, 0.15) is 11.5 Å². The number of esters is 1. The number of aliphatic hydroxyl groups excluding tert-OH is 1. The van der Waals surface area contributed by atoms with Crippen molar-refractivity contribution < 1.29 is 29.3 Å². The number of carbonyl (C=O) groups is 3. The van der Waals surface area contributed by atoms with Crippen molar-refractivity contribution in [3.05, 3.63) is 100 Å². The third-order valence-corrected chi connectivity index (χ3v) is 6.20. The van der Waals surface area contributed by atoms with Crippen molar-refractivity contribution in [3.63, 3.8) is 0 Å². The highest BCUT2D eigenvalue weighted by Crippen LogP contribution is 2.42. The minimum atomic E-state index is -0.963. The first-order chi connectivity index (χ1) is 16.7. The molecule has 1 heterocycles. The van der Waals surface area contributed by atoms with Gasteiger partial charge < -0.3 is 14.9 Å². The van der Waals surface area contributed by atoms with E-state index < -0.39 is 23.7 Å². The maximum absolute atomic E-state index is 13.2. The summed E-state index contributed by atoms with van der Waals surface area (Å²) >= 11 is 0. The number of benzene rings is 3. The van der Waals surface area contributed by atoms with Gasteiger partial charge >= 0.3 is 5.97 Å². The van der Waals surface area contributed by atoms with Crippen LogP contribution in [-0.4, -0.2) is 35.0 Å². The summed E-state index contributed by atoms with van der Waals surface area (Å²) in [7, 11) is 1.31. The monoisotopic (exact) mass is 471 g/mol. The average molecular weight is 472 g/mol. The minimum Gasteiger partial charge on any atom is -0.508 e. The zero-order chi connectivity index (χ0) is 25.3. The van der Waals surface area contributed by atoms with E-state index in [9.17, 15) is 24.6 Å². The predicted molar refractivity (Wildman–Crippen MR) is 131 cm³/mol. The van der Waals surface area contributed by atoms with Crippen LogP contribution in [0.25, 0.3) is 5.76 Å². The number of rotatable bonds is 5. The van der Waals surface area contributed by atoms with E-state index in [4.69, 9.17) is 4.74 Å². The molecule has 178 valence electrons. The molecule has 1 fully saturated rings. The van der Waals surface area contributed by atoms with Crippen LogP contribution in [-0.2, 0) is 25.5 Å². The third-order valence-electron chi connectivity index (χ3n) is 6.20. The van der Waals surface area contributed by atoms with Crippen LogP contribution in [0, 0.1) is 13.8 Å². The van der Waals surface area contributed by atoms with Gasteiger partial charge in [0.25, 0.3) is 11.7 Å². The summed E-state index contributed by atoms with van der Waals surface area (Å²) in [6, 6.07) is 17.2. The van der Waals surface area contributed by atoms with Gasteiger partial charge in [-0.2, -0.15) is 0 Å². The highest BCUT2D eigenvalue weighted by molar-refractivity contribution is 6.51. The number of phenols is 1. The van der Waals surface area contributed by atoms with Crippen molar-refractivity contribution in [3.8, 4) is 5.75 Å². The molecular weight excluding hydrogens is 446 g/mol. The van der Waals surface area contributed by atoms with Crippen LogP contribution in [0.4, 0.5) is 5.69 Å². The maximum atomic E-state index is 13.2. The Hall–Kier alpha value is -4.39. The Morgan fingerprint density at radius 2 is 1.69 bits per heavy atom. The summed E-state index contributed by atoms with van der Waals surface area (Å²) < 4.78 is 4.69. The van der Waals surface area contributed by atoms with Gasteiger partial charge in [-0.15, -0.1) is 0 Å². The fourth-order valence-corrected chi connectivity index (χ4v) is 4.17. The number of carbonyl (C=O) groups excluding carboxylic acids is 3. The van der Waals surface area contributed by atoms with Crippen LogP contribution in [0.2, 0.25) is 0 Å². The van der Waals surface area contributed by atoms with Crippen LogP contribution in [0.1, 0.15) is 33.9 Å². The van der Waals surface area contributed by atoms with E-state index in [0.717, 1.165) is 11.1 Å². The minimum absolute atomic E-state index is 0.0345. The predicted octanol–water partition coefficient (Wildman–Crippen LogP) is 4.35. The van der Waals surface area contributed by atoms with Gasteiger partial charge in [-0.3, -0.25) is 19.3 Å². The molecular formula is C28H25NO6. The van der Waals surface area contributed by atoms with E-state index in [0.29, 0.717) is 22.4 Å². The summed E-state index contributed by atoms with van der Waals surface area (Å²) in [6.45, 7) is 3.84. The molecule has 1 atom stereocenters. The molecule has 1 unspecified atom stereocenters. The Bertz CT molecular complexity index is 1360. The van der Waals surface area contributed by atoms with Crippen molar-refractivity contribution in [2.24, 2.45) is 0 Å². The summed E-state index contributed by atoms with van der Waals surface area (Å²) in [5, 5.41) is 21.3. The van der Waals surface area contributed by atoms with Crippen LogP contribution >= 0.6 is 0 Å². The second kappa shape index (κ2) is 9.46. The molecule has 3 aromatic rings. The first-order valence-corrected chi connectivity index (χ1v) is 11.0. The van der Waals surface area contributed by atoms with Gasteiger partial charge in [-0.25, -0.2) is 0 Å². The second-order valence-corrected chi connectivity index (χ2v) is 8.48. The van der Waals surface area contributed by atoms with Gasteiger partial charge in [0.2, 0.25) is 0 Å². The molecule has 0 aliphatic carbocycles. The van der Waals surface area contributed by atoms with Crippen LogP contribution in [0.3, 0.4) is 0 Å². The number of Topliss-reactive ketones (excluding diaryl/α,β-unsaturated/α-hetero) is 1. The van der Waals surface area contributed by atoms with Gasteiger partial charge in [0, 0.05) is 11.3 Å². The zero-order valence-electron chi connectivity index (χ0n) is 19.6. The molecule has 1 saturated heterocycles. The van der Waals surface area contributed by atoms with Gasteiger partial charge in [-0.1, -0.05) is 36.4 Å². The Labute approximate surface area is 202 Å². The molecule has 3 aromatic carbocycles. The van der Waals surface area contributed by atoms with Gasteiger partial charge in [0.05, 0.1) is 25.1 Å². The summed E-state index contributed by atoms with van der Waals surface area (Å²) in [5.41, 5.74) is 3.87. The molecule has 7 nitrogen and oxygen atoms in total. The summed E-state index contributed by atoms with van der Waals surface area (Å²) in [6.07, 6.45) is 0.0678. The second-order valence-electron chi connectivity index (χ2n) is 8.48. The molecule has 0 aromatic heterocycles. The lowest BCUT2D eigenvalue weighted by molar-refractivity contribution is -0.139. The number of anilines is 1. The maximum Gasteiger partial charge on any atom is 0.309 e. The number of nitrogens with zero attached hydrogens (tertiary/aromatic N) is 1. The van der Waals surface area contributed by atoms with Crippen molar-refractivity contribution in [2.45, 2.75) is 26.3 Å². The molecule has 0 spiro atoms. The van der Waals surface area contributed by atoms with Crippen LogP contribution in [0.15, 0.2) is 72.3 Å². The summed E-state index contributed by atoms with van der Waals surface area (Å²) in [5.74, 6) is -2.35. The number of hydrogen-bond acceptors (Lipinski definition) is 6. The standard InChI is InChI=1S/C28H25NO6/c1-16-7-10-20(13-17(16)2)26(32)24-25(19-5-4-6-22(30)15-19)29(28(34)27(24)33)21-11-8-18(9-12-21)14-23(31)35-3/h4-13,15,25,30,32H,14H2,1-3H3/b26-24-. The number of ether oxygens (including phenoxy) is 1. The first-order valence-electron chi connectivity index (χ1n) is 11.0. The molecule has 0 bridgehead atoms. The molecule has 0 saturated carbocycles. The van der Waals surface area contributed by atoms with Crippen molar-refractivity contribution >= 4 is 29.1 Å². The van der Waals surface area contributed by atoms with E-state index in [-0.39, 0.29) is 23.5 Å². The number of methoxy groups -OCH3 is 1. The summed E-state index contributed by atoms with van der Waals surface area (Å²) in [4.78, 5) is 39.4. The first kappa shape index (κ1) is 23.8. The van der Waals surface area contributed by atoms with E-state index in [1.165, 1.54) is 24.1 Å². The Kier molecular flexibility index (Phi) is 6.42. The molecule has 1 amide bonds. The van der Waals surface area contributed by atoms with E-state index >= 15 is 0 Å². The topological polar surface area (TPSA) is 104 Å².